The van der Waals surface area contributed by atoms with E-state index in [0.29, 0.717) is 135 Å². The zero-order chi connectivity index (χ0) is 97.6. The van der Waals surface area contributed by atoms with Crippen molar-refractivity contribution in [3.05, 3.63) is 251 Å². The Morgan fingerprint density at radius 1 is 0.467 bits per heavy atom. The van der Waals surface area contributed by atoms with Gasteiger partial charge in [-0.3, -0.25) is 34.1 Å². The second kappa shape index (κ2) is 43.2. The molecule has 708 valence electrons. The van der Waals surface area contributed by atoms with Gasteiger partial charge in [-0.15, -0.1) is 0 Å². The number of nitrogens with zero attached hydrogens (tertiary/aromatic N) is 18. The number of likely N-dealkylation sites (tertiary alicyclic amines) is 1. The van der Waals surface area contributed by atoms with Crippen LogP contribution in [0.25, 0.3) is 55.6 Å². The molecule has 8 N–H and O–H groups in total. The number of sulfonamides is 2. The van der Waals surface area contributed by atoms with Crippen LogP contribution in [0.2, 0.25) is 10.3 Å². The van der Waals surface area contributed by atoms with Crippen molar-refractivity contribution in [3.8, 4) is 55.6 Å². The SMILES string of the molecule is CC(=O)Nc1cc(-c2cnc(Cl)c(S(=O)(=O)NC34CC(C3)C4)c2)ccn1.CCN(CC)S(=O)(=O)c1cc(-c2ccnc(NC(C)=O)c2)cnc1C.CCNC(=O)Cc1cc(-c2ccnc(Nc3ccnc(C)n3)c2)cnc1C.Cc1c(-c2ccnc(Nc3ccnc(C4CC4)n3)c2)cnc(Cl)c1C(=O)O.Cc1ncc(-c2ccnc(Nc3ccnc(C4CC4)n3)c2)cc1CC(=O)N1CC(F)(F)C1. The van der Waals surface area contributed by atoms with Gasteiger partial charge in [0.25, 0.3) is 5.92 Å². The fourth-order valence-electron chi connectivity index (χ4n) is 15.3. The van der Waals surface area contributed by atoms with E-state index in [1.54, 1.807) is 144 Å². The van der Waals surface area contributed by atoms with Crippen molar-refractivity contribution in [2.75, 3.05) is 59.3 Å². The number of nitrogens with one attached hydrogen (secondary N) is 7. The summed E-state index contributed by atoms with van der Waals surface area (Å²) in [5.41, 5.74) is 11.6. The fraction of sp³-hybridized carbons (Fsp3) is 0.302. The Bertz CT molecular complexity index is 6940. The number of halogens is 4. The van der Waals surface area contributed by atoms with Gasteiger partial charge < -0.3 is 41.9 Å². The number of pyridine rings is 10. The minimum Gasteiger partial charge on any atom is -0.478 e. The van der Waals surface area contributed by atoms with Gasteiger partial charge in [-0.25, -0.2) is 99.9 Å². The largest absolute Gasteiger partial charge is 0.478 e. The van der Waals surface area contributed by atoms with Crippen LogP contribution in [0.4, 0.5) is 55.3 Å². The Labute approximate surface area is 799 Å². The molecule has 0 atom stereocenters. The lowest BCUT2D eigenvalue weighted by molar-refractivity contribution is -0.165. The van der Waals surface area contributed by atoms with Gasteiger partial charge >= 0.3 is 5.97 Å². The summed E-state index contributed by atoms with van der Waals surface area (Å²) in [7, 11) is -7.37. The third-order valence-corrected chi connectivity index (χ3v) is 27.3. The lowest BCUT2D eigenvalue weighted by Crippen LogP contribution is -2.67. The average molecular weight is 1940 g/mol. The first-order valence-electron chi connectivity index (χ1n) is 44.0. The van der Waals surface area contributed by atoms with Crippen LogP contribution >= 0.6 is 23.2 Å². The number of hydrogen-bond acceptors (Lipinski definition) is 28. The minimum atomic E-state index is -3.76. The molecule has 137 heavy (non-hydrogen) atoms. The van der Waals surface area contributed by atoms with Crippen LogP contribution in [0.5, 0.6) is 0 Å². The van der Waals surface area contributed by atoms with E-state index >= 15 is 0 Å². The molecule has 41 heteroatoms. The highest BCUT2D eigenvalue weighted by atomic mass is 35.5. The van der Waals surface area contributed by atoms with Gasteiger partial charge in [-0.1, -0.05) is 37.0 Å². The first-order chi connectivity index (χ1) is 65.5. The summed E-state index contributed by atoms with van der Waals surface area (Å²) in [6, 6.07) is 30.4. The number of carboxylic acid groups (broad SMARTS) is 1. The molecule has 6 fully saturated rings. The number of alkyl halides is 2. The van der Waals surface area contributed by atoms with E-state index in [2.05, 4.69) is 116 Å². The molecule has 0 radical (unpaired) electrons. The number of carbonyl (C=O) groups is 5. The maximum atomic E-state index is 13.1. The minimum absolute atomic E-state index is 0.00392. The summed E-state index contributed by atoms with van der Waals surface area (Å²) in [5.74, 6) is 4.03. The number of aryl methyl sites for hydroxylation is 4. The van der Waals surface area contributed by atoms with Gasteiger partial charge in [0.1, 0.15) is 89.7 Å². The smallest absolute Gasteiger partial charge is 0.339 e. The second-order valence-electron chi connectivity index (χ2n) is 33.4. The maximum Gasteiger partial charge on any atom is 0.339 e. The van der Waals surface area contributed by atoms with E-state index in [4.69, 9.17) is 23.2 Å². The van der Waals surface area contributed by atoms with Crippen LogP contribution in [0, 0.1) is 40.5 Å². The van der Waals surface area contributed by atoms with Gasteiger partial charge in [-0.05, 0) is 240 Å². The van der Waals surface area contributed by atoms with Crippen LogP contribution in [0.15, 0.2) is 193 Å². The van der Waals surface area contributed by atoms with Crippen molar-refractivity contribution in [1.29, 1.82) is 0 Å². The monoisotopic (exact) mass is 1930 g/mol. The van der Waals surface area contributed by atoms with Gasteiger partial charge in [0.05, 0.1) is 31.6 Å². The van der Waals surface area contributed by atoms with E-state index in [1.165, 1.54) is 41.5 Å². The Hall–Kier alpha value is -14.3. The first-order valence-corrected chi connectivity index (χ1v) is 47.7. The number of hydrogen-bond donors (Lipinski definition) is 8. The van der Waals surface area contributed by atoms with Gasteiger partial charge in [0.2, 0.25) is 43.7 Å². The van der Waals surface area contributed by atoms with Gasteiger partial charge in [0.15, 0.2) is 0 Å². The zero-order valence-electron chi connectivity index (χ0n) is 76.5. The molecule has 5 saturated carbocycles. The number of amides is 4. The Morgan fingerprint density at radius 2 is 0.876 bits per heavy atom. The van der Waals surface area contributed by atoms with Crippen LogP contribution < -0.4 is 36.6 Å². The number of likely N-dealkylation sites (N-methyl/N-ethyl adjacent to an activating group) is 1. The van der Waals surface area contributed by atoms with E-state index in [0.717, 1.165) is 107 Å². The molecule has 2 bridgehead atoms. The Morgan fingerprint density at radius 3 is 1.31 bits per heavy atom. The number of aromatic nitrogens is 16. The molecular weight excluding hydrogens is 1840 g/mol. The summed E-state index contributed by atoms with van der Waals surface area (Å²) in [4.78, 5) is 128. The highest BCUT2D eigenvalue weighted by Crippen LogP contribution is 2.57. The van der Waals surface area contributed by atoms with Gasteiger partial charge in [0, 0.05) is 171 Å². The van der Waals surface area contributed by atoms with Crippen molar-refractivity contribution < 1.29 is 54.7 Å². The summed E-state index contributed by atoms with van der Waals surface area (Å²) in [5, 5.41) is 26.9. The summed E-state index contributed by atoms with van der Waals surface area (Å²) >= 11 is 12.0. The second-order valence-corrected chi connectivity index (χ2v) is 37.7. The third kappa shape index (κ3) is 25.7. The van der Waals surface area contributed by atoms with E-state index in [1.807, 2.05) is 76.4 Å². The summed E-state index contributed by atoms with van der Waals surface area (Å²) < 4.78 is 81.6. The molecule has 1 aliphatic heterocycles. The molecule has 6 aliphatic rings. The highest BCUT2D eigenvalue weighted by molar-refractivity contribution is 7.89. The molecule has 5 aliphatic carbocycles. The molecule has 0 spiro atoms. The van der Waals surface area contributed by atoms with E-state index < -0.39 is 45.0 Å². The van der Waals surface area contributed by atoms with Crippen molar-refractivity contribution >= 4 is 119 Å². The highest BCUT2D eigenvalue weighted by Gasteiger charge is 2.58. The summed E-state index contributed by atoms with van der Waals surface area (Å²) in [6.45, 7) is 17.6. The molecule has 13 aromatic heterocycles. The quantitative estimate of drug-likeness (QED) is 0.0211. The molecule has 14 heterocycles. The Kier molecular flexibility index (Phi) is 31.1. The van der Waals surface area contributed by atoms with Gasteiger partial charge in [-0.2, -0.15) is 4.31 Å². The maximum absolute atomic E-state index is 13.1. The number of carboxylic acids is 1. The van der Waals surface area contributed by atoms with Crippen LogP contribution in [0.3, 0.4) is 0 Å². The molecule has 13 aromatic rings. The molecule has 35 nitrogen and oxygen atoms in total. The van der Waals surface area contributed by atoms with E-state index in [-0.39, 0.29) is 61.2 Å². The first kappa shape index (κ1) is 98.7. The Balaban J connectivity index is 0.000000137. The predicted molar refractivity (Wildman–Crippen MR) is 515 cm³/mol. The molecule has 0 aromatic carbocycles. The van der Waals surface area contributed by atoms with Crippen molar-refractivity contribution in [2.45, 2.75) is 160 Å². The lowest BCUT2D eigenvalue weighted by atomic mass is 9.50. The molecule has 4 amide bonds. The predicted octanol–water partition coefficient (Wildman–Crippen LogP) is 16.1. The topological polar surface area (TPSA) is 471 Å². The third-order valence-electron chi connectivity index (χ3n) is 22.8. The van der Waals surface area contributed by atoms with Crippen LogP contribution in [-0.4, -0.2) is 185 Å². The number of aromatic carboxylic acids is 1. The fourth-order valence-corrected chi connectivity index (χ4v) is 19.1. The molecule has 1 saturated heterocycles. The number of carbonyl (C=O) groups excluding carboxylic acids is 4. The normalized spacial score (nSPS) is 15.3. The average Bonchev–Trinajstić information content (AvgIpc) is 1.16. The van der Waals surface area contributed by atoms with Crippen LogP contribution in [0.1, 0.15) is 153 Å². The standard InChI is InChI=1S/C23H22F2N6O.C20H22N6O.C19H16ClN5O2.C17H17ClN4O3S.C17H22N4O3S/c1-14-17(10-21(32)31-12-23(24,25)13-31)8-18(11-28-14)16-4-6-26-20(9-16)29-19-5-7-27-22(30-19)15-2-3-15;1-4-21-20(27)11-16-9-17(12-24-13(16)2)15-5-7-23-19(10-15)26-18-6-8-22-14(3)25-18;1-10-13(9-23-17(20)16(10)19(26)27)12-4-6-21-15(8-12)24-14-5-7-22-18(25-14)11-2-3-11;1-10(23)21-15-5-12(2-3-19-15)13-4-14(16(18)20-9-13)26(24,25)22-17-6-11(7-17)8-17;1-5-21(6-2)25(23,24)16-9-15(11-19-12(16)3)14-7-8-18-17(10-14)20-13(4)22/h4-9,11,15H,2-3,10,12-13H2,1H3,(H,26,27,29,30);5-10,12H,4,11H2,1-3H3,(H,21,27)(H,22,23,25,26);4-9,11H,2-3H2,1H3,(H,26,27)(H,21,22,24,25);2-5,9,11,22H,6-8H2,1H3,(H,19,21,23);7-11H,5-6H2,1-4H3,(H,18,20,22). The lowest BCUT2D eigenvalue weighted by Gasteiger charge is -2.61. The van der Waals surface area contributed by atoms with Crippen molar-refractivity contribution in [3.63, 3.8) is 0 Å². The van der Waals surface area contributed by atoms with E-state index in [9.17, 15) is 54.7 Å². The van der Waals surface area contributed by atoms with Crippen molar-refractivity contribution in [1.82, 2.24) is 99.0 Å². The van der Waals surface area contributed by atoms with Crippen molar-refractivity contribution in [2.24, 2.45) is 5.92 Å². The molecular formula is C96H99Cl2F2N25O10S2. The number of rotatable bonds is 28. The zero-order valence-corrected chi connectivity index (χ0v) is 79.6. The molecule has 19 rings (SSSR count). The number of anilines is 8. The van der Waals surface area contributed by atoms with Crippen LogP contribution in [-0.2, 0) is 52.1 Å². The molecule has 0 unspecified atom stereocenters. The summed E-state index contributed by atoms with van der Waals surface area (Å²) in [6.07, 6.45) is 29.1.